The molecular formula is C17H16FNO3S3. The first kappa shape index (κ1) is 18.2. The summed E-state index contributed by atoms with van der Waals surface area (Å²) in [7, 11) is -3.90. The third kappa shape index (κ3) is 3.80. The predicted molar refractivity (Wildman–Crippen MR) is 97.3 cm³/mol. The van der Waals surface area contributed by atoms with E-state index in [0.29, 0.717) is 0 Å². The number of benzene rings is 1. The number of halogens is 1. The van der Waals surface area contributed by atoms with E-state index in [1.807, 2.05) is 31.4 Å². The molecule has 1 aromatic carbocycles. The van der Waals surface area contributed by atoms with E-state index in [9.17, 15) is 12.8 Å². The van der Waals surface area contributed by atoms with Crippen LogP contribution < -0.4 is 0 Å². The van der Waals surface area contributed by atoms with Gasteiger partial charge >= 0.3 is 0 Å². The molecule has 0 aliphatic carbocycles. The van der Waals surface area contributed by atoms with Gasteiger partial charge in [-0.25, -0.2) is 12.8 Å². The molecule has 3 aromatic rings. The largest absolute Gasteiger partial charge is 0.428 e. The standard InChI is InChI=1S/C17H16FNO3S3/c1-3-11(2)24-17-16(19-15(22-17)14-5-4-10-23-14)25(20,21)13-8-6-12(18)7-9-13/h4-11H,3H2,1-2H3. The Labute approximate surface area is 154 Å². The number of hydrogen-bond acceptors (Lipinski definition) is 6. The Hall–Kier alpha value is -1.64. The van der Waals surface area contributed by atoms with Gasteiger partial charge in [-0.1, -0.05) is 31.7 Å². The van der Waals surface area contributed by atoms with Crippen molar-refractivity contribution in [2.24, 2.45) is 0 Å². The maximum Gasteiger partial charge on any atom is 0.238 e. The summed E-state index contributed by atoms with van der Waals surface area (Å²) in [5, 5.41) is 2.19. The Morgan fingerprint density at radius 3 is 2.60 bits per heavy atom. The van der Waals surface area contributed by atoms with E-state index in [-0.39, 0.29) is 26.2 Å². The first-order chi connectivity index (χ1) is 11.9. The van der Waals surface area contributed by atoms with Crippen LogP contribution in [-0.4, -0.2) is 18.7 Å². The minimum absolute atomic E-state index is 0.00840. The molecule has 0 saturated carbocycles. The average Bonchev–Trinajstić information content (AvgIpc) is 3.24. The molecule has 8 heteroatoms. The highest BCUT2D eigenvalue weighted by atomic mass is 32.2. The molecule has 3 rings (SSSR count). The zero-order valence-electron chi connectivity index (χ0n) is 13.6. The Bertz CT molecular complexity index is 948. The summed E-state index contributed by atoms with van der Waals surface area (Å²) in [5.74, 6) is -0.214. The second-order valence-electron chi connectivity index (χ2n) is 5.38. The molecule has 0 saturated heterocycles. The summed E-state index contributed by atoms with van der Waals surface area (Å²) in [5.41, 5.74) is 0. The molecule has 1 unspecified atom stereocenters. The van der Waals surface area contributed by atoms with Crippen LogP contribution in [0.15, 0.2) is 61.2 Å². The number of nitrogens with zero attached hydrogens (tertiary/aromatic N) is 1. The van der Waals surface area contributed by atoms with Gasteiger partial charge in [-0.05, 0) is 42.1 Å². The quantitative estimate of drug-likeness (QED) is 0.419. The highest BCUT2D eigenvalue weighted by Crippen LogP contribution is 2.38. The highest BCUT2D eigenvalue weighted by molar-refractivity contribution is 8.00. The maximum absolute atomic E-state index is 13.1. The normalized spacial score (nSPS) is 13.1. The molecule has 0 radical (unpaired) electrons. The molecule has 0 aliphatic rings. The van der Waals surface area contributed by atoms with Crippen LogP contribution in [0.4, 0.5) is 4.39 Å². The Balaban J connectivity index is 2.10. The minimum Gasteiger partial charge on any atom is -0.428 e. The third-order valence-electron chi connectivity index (χ3n) is 3.56. The van der Waals surface area contributed by atoms with Crippen LogP contribution in [0, 0.1) is 5.82 Å². The minimum atomic E-state index is -3.90. The number of thioether (sulfide) groups is 1. The maximum atomic E-state index is 13.1. The number of aromatic nitrogens is 1. The van der Waals surface area contributed by atoms with Gasteiger partial charge in [-0.15, -0.1) is 11.3 Å². The molecular weight excluding hydrogens is 381 g/mol. The fraction of sp³-hybridized carbons (Fsp3) is 0.235. The fourth-order valence-corrected chi connectivity index (χ4v) is 5.14. The van der Waals surface area contributed by atoms with Gasteiger partial charge in [-0.3, -0.25) is 0 Å². The van der Waals surface area contributed by atoms with E-state index in [1.54, 1.807) is 0 Å². The average molecular weight is 398 g/mol. The summed E-state index contributed by atoms with van der Waals surface area (Å²) in [6.07, 6.45) is 0.857. The predicted octanol–water partition coefficient (Wildman–Crippen LogP) is 5.27. The lowest BCUT2D eigenvalue weighted by atomic mass is 10.4. The highest BCUT2D eigenvalue weighted by Gasteiger charge is 2.29. The summed E-state index contributed by atoms with van der Waals surface area (Å²) in [6.45, 7) is 4.01. The van der Waals surface area contributed by atoms with Crippen molar-refractivity contribution in [3.63, 3.8) is 0 Å². The van der Waals surface area contributed by atoms with E-state index < -0.39 is 15.7 Å². The Kier molecular flexibility index (Phi) is 5.31. The molecule has 0 bridgehead atoms. The fourth-order valence-electron chi connectivity index (χ4n) is 2.03. The molecule has 132 valence electrons. The van der Waals surface area contributed by atoms with Crippen LogP contribution in [0.3, 0.4) is 0 Å². The molecule has 0 fully saturated rings. The molecule has 25 heavy (non-hydrogen) atoms. The lowest BCUT2D eigenvalue weighted by molar-refractivity contribution is 0.470. The summed E-state index contributed by atoms with van der Waals surface area (Å²) < 4.78 is 44.8. The van der Waals surface area contributed by atoms with Gasteiger partial charge in [0.2, 0.25) is 25.8 Å². The number of sulfone groups is 1. The van der Waals surface area contributed by atoms with Gasteiger partial charge < -0.3 is 4.42 Å². The number of rotatable bonds is 6. The zero-order chi connectivity index (χ0) is 18.0. The second-order valence-corrected chi connectivity index (χ2v) is 9.61. The van der Waals surface area contributed by atoms with Crippen molar-refractivity contribution < 1.29 is 17.2 Å². The van der Waals surface area contributed by atoms with Crippen LogP contribution >= 0.6 is 23.1 Å². The molecule has 0 aliphatic heterocycles. The van der Waals surface area contributed by atoms with E-state index in [4.69, 9.17) is 4.42 Å². The van der Waals surface area contributed by atoms with Gasteiger partial charge in [0, 0.05) is 5.25 Å². The molecule has 0 amide bonds. The van der Waals surface area contributed by atoms with Crippen molar-refractivity contribution >= 4 is 32.9 Å². The first-order valence-electron chi connectivity index (χ1n) is 7.64. The molecule has 2 aromatic heterocycles. The van der Waals surface area contributed by atoms with Gasteiger partial charge in [0.05, 0.1) is 9.77 Å². The summed E-state index contributed by atoms with van der Waals surface area (Å²) in [6, 6.07) is 8.38. The monoisotopic (exact) mass is 397 g/mol. The van der Waals surface area contributed by atoms with Gasteiger partial charge in [0.15, 0.2) is 0 Å². The Morgan fingerprint density at radius 1 is 1.28 bits per heavy atom. The topological polar surface area (TPSA) is 60.2 Å². The van der Waals surface area contributed by atoms with Gasteiger partial charge in [0.25, 0.3) is 0 Å². The SMILES string of the molecule is CCC(C)Sc1oc(-c2cccs2)nc1S(=O)(=O)c1ccc(F)cc1. The van der Waals surface area contributed by atoms with Crippen LogP contribution in [0.2, 0.25) is 0 Å². The summed E-state index contributed by atoms with van der Waals surface area (Å²) in [4.78, 5) is 5.00. The van der Waals surface area contributed by atoms with Crippen molar-refractivity contribution in [1.82, 2.24) is 4.98 Å². The van der Waals surface area contributed by atoms with E-state index in [0.717, 1.165) is 23.4 Å². The van der Waals surface area contributed by atoms with Crippen molar-refractivity contribution in [2.45, 2.75) is 40.5 Å². The van der Waals surface area contributed by atoms with Crippen molar-refractivity contribution in [1.29, 1.82) is 0 Å². The molecule has 0 N–H and O–H groups in total. The summed E-state index contributed by atoms with van der Waals surface area (Å²) >= 11 is 2.76. The lowest BCUT2D eigenvalue weighted by Gasteiger charge is -2.07. The smallest absolute Gasteiger partial charge is 0.238 e. The number of hydrogen-bond donors (Lipinski definition) is 0. The molecule has 4 nitrogen and oxygen atoms in total. The number of thiophene rings is 1. The molecule has 1 atom stereocenters. The van der Waals surface area contributed by atoms with Crippen LogP contribution in [0.5, 0.6) is 0 Å². The first-order valence-corrected chi connectivity index (χ1v) is 10.9. The van der Waals surface area contributed by atoms with E-state index in [2.05, 4.69) is 4.98 Å². The van der Waals surface area contributed by atoms with Crippen molar-refractivity contribution in [2.75, 3.05) is 0 Å². The van der Waals surface area contributed by atoms with Crippen LogP contribution in [0.1, 0.15) is 20.3 Å². The number of oxazole rings is 1. The van der Waals surface area contributed by atoms with E-state index >= 15 is 0 Å². The van der Waals surface area contributed by atoms with Gasteiger partial charge in [0.1, 0.15) is 5.82 Å². The third-order valence-corrected chi connectivity index (χ3v) is 7.45. The van der Waals surface area contributed by atoms with Crippen LogP contribution in [0.25, 0.3) is 10.8 Å². The second kappa shape index (κ2) is 7.31. The van der Waals surface area contributed by atoms with Crippen LogP contribution in [-0.2, 0) is 9.84 Å². The zero-order valence-corrected chi connectivity index (χ0v) is 16.1. The van der Waals surface area contributed by atoms with Crippen molar-refractivity contribution in [3.8, 4) is 10.8 Å². The molecule has 2 heterocycles. The molecule has 0 spiro atoms. The Morgan fingerprint density at radius 2 is 2.00 bits per heavy atom. The van der Waals surface area contributed by atoms with Crippen molar-refractivity contribution in [3.05, 3.63) is 47.6 Å². The van der Waals surface area contributed by atoms with E-state index in [1.165, 1.54) is 35.2 Å². The van der Waals surface area contributed by atoms with Gasteiger partial charge in [-0.2, -0.15) is 4.98 Å². The lowest BCUT2D eigenvalue weighted by Crippen LogP contribution is -2.05.